The fraction of sp³-hybridized carbons (Fsp3) is 0.111. The number of aromatic nitrogens is 2. The highest BCUT2D eigenvalue weighted by Gasteiger charge is 2.21. The molecular weight excluding hydrogens is 413 g/mol. The minimum atomic E-state index is -0.379. The highest BCUT2D eigenvalue weighted by molar-refractivity contribution is 5.83. The molecular formula is C27H26FN5. The van der Waals surface area contributed by atoms with Gasteiger partial charge in [0, 0.05) is 37.2 Å². The third kappa shape index (κ3) is 4.28. The molecule has 3 aromatic carbocycles. The number of nitrogens with one attached hydrogen (secondary N) is 1. The smallest absolute Gasteiger partial charge is 0.158 e. The predicted molar refractivity (Wildman–Crippen MR) is 137 cm³/mol. The normalized spacial score (nSPS) is 10.6. The minimum absolute atomic E-state index is 0.350. The van der Waals surface area contributed by atoms with Crippen LogP contribution in [0.1, 0.15) is 11.1 Å². The summed E-state index contributed by atoms with van der Waals surface area (Å²) in [6, 6.07) is 21.1. The van der Waals surface area contributed by atoms with Crippen molar-refractivity contribution in [2.75, 3.05) is 24.3 Å². The summed E-state index contributed by atoms with van der Waals surface area (Å²) in [5.41, 5.74) is 5.73. The molecule has 0 saturated heterocycles. The summed E-state index contributed by atoms with van der Waals surface area (Å²) in [6.45, 7) is 8.04. The molecule has 166 valence electrons. The van der Waals surface area contributed by atoms with Crippen LogP contribution in [0.25, 0.3) is 17.3 Å². The van der Waals surface area contributed by atoms with Crippen LogP contribution in [0.4, 0.5) is 27.1 Å². The number of rotatable bonds is 8. The lowest BCUT2D eigenvalue weighted by molar-refractivity contribution is 0.625. The second-order valence-electron chi connectivity index (χ2n) is 7.60. The van der Waals surface area contributed by atoms with E-state index in [9.17, 15) is 0 Å². The molecule has 0 spiro atoms. The SMILES string of the molecule is C=Cc1ccc(N(C)c2c(N=C)ccc(-c3ccnn3Cc3ccccc3)c2F)cc1NC. The van der Waals surface area contributed by atoms with Gasteiger partial charge >= 0.3 is 0 Å². The standard InChI is InChI=1S/C27H26FN5/c1-5-20-11-12-21(17-24(20)30-3)32(4)27-23(29-2)14-13-22(26(27)28)25-15-16-31-33(25)18-19-9-7-6-8-10-19/h5-17,30H,1-2,18H2,3-4H3. The molecule has 0 radical (unpaired) electrons. The second-order valence-corrected chi connectivity index (χ2v) is 7.60. The monoisotopic (exact) mass is 439 g/mol. The summed E-state index contributed by atoms with van der Waals surface area (Å²) >= 11 is 0. The molecule has 5 nitrogen and oxygen atoms in total. The molecule has 0 aliphatic carbocycles. The lowest BCUT2D eigenvalue weighted by Gasteiger charge is -2.24. The number of hydrogen-bond donors (Lipinski definition) is 1. The molecule has 1 heterocycles. The zero-order valence-corrected chi connectivity index (χ0v) is 18.8. The van der Waals surface area contributed by atoms with Crippen molar-refractivity contribution in [2.45, 2.75) is 6.54 Å². The summed E-state index contributed by atoms with van der Waals surface area (Å²) in [7, 11) is 3.67. The lowest BCUT2D eigenvalue weighted by Crippen LogP contribution is -2.13. The largest absolute Gasteiger partial charge is 0.388 e. The van der Waals surface area contributed by atoms with Gasteiger partial charge in [-0.05, 0) is 48.2 Å². The average Bonchev–Trinajstić information content (AvgIpc) is 3.31. The molecule has 0 saturated carbocycles. The van der Waals surface area contributed by atoms with E-state index in [0.717, 1.165) is 22.5 Å². The zero-order valence-electron chi connectivity index (χ0n) is 18.8. The van der Waals surface area contributed by atoms with Gasteiger partial charge in [0.1, 0.15) is 5.69 Å². The van der Waals surface area contributed by atoms with Gasteiger partial charge < -0.3 is 10.2 Å². The topological polar surface area (TPSA) is 45.5 Å². The summed E-state index contributed by atoms with van der Waals surface area (Å²) < 4.78 is 17.9. The Labute approximate surface area is 193 Å². The van der Waals surface area contributed by atoms with Crippen LogP contribution in [0.2, 0.25) is 0 Å². The van der Waals surface area contributed by atoms with Crippen molar-refractivity contribution in [2.24, 2.45) is 4.99 Å². The molecule has 0 amide bonds. The van der Waals surface area contributed by atoms with Crippen LogP contribution >= 0.6 is 0 Å². The molecule has 0 aliphatic rings. The van der Waals surface area contributed by atoms with E-state index in [0.29, 0.717) is 29.2 Å². The van der Waals surface area contributed by atoms with Crippen molar-refractivity contribution >= 4 is 35.5 Å². The Bertz CT molecular complexity index is 1290. The van der Waals surface area contributed by atoms with E-state index in [-0.39, 0.29) is 5.82 Å². The van der Waals surface area contributed by atoms with Crippen molar-refractivity contribution in [3.8, 4) is 11.3 Å². The molecule has 4 aromatic rings. The maximum absolute atomic E-state index is 16.1. The molecule has 0 fully saturated rings. The lowest BCUT2D eigenvalue weighted by atomic mass is 10.1. The van der Waals surface area contributed by atoms with Crippen molar-refractivity contribution in [1.82, 2.24) is 9.78 Å². The summed E-state index contributed by atoms with van der Waals surface area (Å²) in [5.74, 6) is -0.379. The van der Waals surface area contributed by atoms with Gasteiger partial charge in [0.25, 0.3) is 0 Å². The maximum atomic E-state index is 16.1. The van der Waals surface area contributed by atoms with Crippen LogP contribution in [0.15, 0.2) is 84.5 Å². The Hall–Kier alpha value is -4.19. The van der Waals surface area contributed by atoms with E-state index >= 15 is 4.39 Å². The molecule has 6 heteroatoms. The van der Waals surface area contributed by atoms with Crippen LogP contribution in [0.5, 0.6) is 0 Å². The number of benzene rings is 3. The van der Waals surface area contributed by atoms with Gasteiger partial charge in [0.05, 0.1) is 17.9 Å². The summed E-state index contributed by atoms with van der Waals surface area (Å²) in [5, 5.41) is 7.59. The van der Waals surface area contributed by atoms with E-state index in [1.165, 1.54) is 0 Å². The highest BCUT2D eigenvalue weighted by atomic mass is 19.1. The number of nitrogens with zero attached hydrogens (tertiary/aromatic N) is 4. The van der Waals surface area contributed by atoms with Gasteiger partial charge in [-0.2, -0.15) is 5.10 Å². The highest BCUT2D eigenvalue weighted by Crippen LogP contribution is 2.40. The Balaban J connectivity index is 1.79. The van der Waals surface area contributed by atoms with E-state index < -0.39 is 0 Å². The molecule has 0 atom stereocenters. The first-order valence-corrected chi connectivity index (χ1v) is 10.6. The number of halogens is 1. The number of hydrogen-bond acceptors (Lipinski definition) is 4. The quantitative estimate of drug-likeness (QED) is 0.318. The Kier molecular flexibility index (Phi) is 6.36. The summed E-state index contributed by atoms with van der Waals surface area (Å²) in [4.78, 5) is 5.87. The van der Waals surface area contributed by atoms with E-state index in [1.54, 1.807) is 34.0 Å². The first kappa shape index (κ1) is 22.0. The van der Waals surface area contributed by atoms with Crippen molar-refractivity contribution in [1.29, 1.82) is 0 Å². The van der Waals surface area contributed by atoms with Crippen LogP contribution in [-0.2, 0) is 6.54 Å². The van der Waals surface area contributed by atoms with Gasteiger partial charge in [-0.1, -0.05) is 49.1 Å². The first-order chi connectivity index (χ1) is 16.1. The Morgan fingerprint density at radius 1 is 1.12 bits per heavy atom. The summed E-state index contributed by atoms with van der Waals surface area (Å²) in [6.07, 6.45) is 3.47. The predicted octanol–water partition coefficient (Wildman–Crippen LogP) is 6.52. The fourth-order valence-electron chi connectivity index (χ4n) is 3.92. The van der Waals surface area contributed by atoms with Gasteiger partial charge in [-0.15, -0.1) is 0 Å². The molecule has 1 aromatic heterocycles. The second kappa shape index (κ2) is 9.53. The zero-order chi connectivity index (χ0) is 23.4. The third-order valence-electron chi connectivity index (χ3n) is 5.68. The van der Waals surface area contributed by atoms with Crippen molar-refractivity contribution in [3.63, 3.8) is 0 Å². The van der Waals surface area contributed by atoms with Gasteiger partial charge in [-0.25, -0.2) is 4.39 Å². The number of anilines is 3. The van der Waals surface area contributed by atoms with E-state index in [4.69, 9.17) is 0 Å². The van der Waals surface area contributed by atoms with Crippen molar-refractivity contribution < 1.29 is 4.39 Å². The van der Waals surface area contributed by atoms with Crippen LogP contribution in [-0.4, -0.2) is 30.6 Å². The molecule has 0 aliphatic heterocycles. The minimum Gasteiger partial charge on any atom is -0.388 e. The Morgan fingerprint density at radius 2 is 1.91 bits per heavy atom. The molecule has 1 N–H and O–H groups in total. The van der Waals surface area contributed by atoms with E-state index in [2.05, 4.69) is 28.7 Å². The van der Waals surface area contributed by atoms with Crippen LogP contribution < -0.4 is 10.2 Å². The van der Waals surface area contributed by atoms with Gasteiger partial charge in [0.2, 0.25) is 0 Å². The Morgan fingerprint density at radius 3 is 2.61 bits per heavy atom. The molecule has 0 unspecified atom stereocenters. The molecule has 33 heavy (non-hydrogen) atoms. The average molecular weight is 440 g/mol. The van der Waals surface area contributed by atoms with Crippen LogP contribution in [0.3, 0.4) is 0 Å². The number of aliphatic imine (C=N–C) groups is 1. The molecule has 4 rings (SSSR count). The van der Waals surface area contributed by atoms with Crippen molar-refractivity contribution in [3.05, 3.63) is 96.4 Å². The maximum Gasteiger partial charge on any atom is 0.158 e. The third-order valence-corrected chi connectivity index (χ3v) is 5.68. The fourth-order valence-corrected chi connectivity index (χ4v) is 3.92. The van der Waals surface area contributed by atoms with Gasteiger partial charge in [-0.3, -0.25) is 9.67 Å². The molecule has 0 bridgehead atoms. The first-order valence-electron chi connectivity index (χ1n) is 10.6. The van der Waals surface area contributed by atoms with Crippen LogP contribution in [0, 0.1) is 5.82 Å². The van der Waals surface area contributed by atoms with Gasteiger partial charge in [0.15, 0.2) is 5.82 Å². The van der Waals surface area contributed by atoms with E-state index in [1.807, 2.05) is 68.7 Å².